The first-order valence-corrected chi connectivity index (χ1v) is 13.2. The summed E-state index contributed by atoms with van der Waals surface area (Å²) < 4.78 is 44.9. The first-order chi connectivity index (χ1) is 15.8. The van der Waals surface area contributed by atoms with Crippen LogP contribution in [0.15, 0.2) is 47.4 Å². The normalized spacial score (nSPS) is 15.1. The molecule has 33 heavy (non-hydrogen) atoms. The Balaban J connectivity index is 1.52. The van der Waals surface area contributed by atoms with E-state index in [0.717, 1.165) is 41.0 Å². The van der Waals surface area contributed by atoms with Gasteiger partial charge in [0.15, 0.2) is 15.0 Å². The van der Waals surface area contributed by atoms with Gasteiger partial charge in [-0.3, -0.25) is 14.6 Å². The van der Waals surface area contributed by atoms with Gasteiger partial charge in [0, 0.05) is 32.6 Å². The molecule has 1 fully saturated rings. The number of thiazole rings is 1. The van der Waals surface area contributed by atoms with Crippen LogP contribution >= 0.6 is 11.3 Å². The number of benzene rings is 2. The minimum absolute atomic E-state index is 0.00651. The summed E-state index contributed by atoms with van der Waals surface area (Å²) in [4.78, 5) is 21.7. The smallest absolute Gasteiger partial charge is 0.229 e. The van der Waals surface area contributed by atoms with Crippen molar-refractivity contribution >= 4 is 42.4 Å². The number of nitrogens with zero attached hydrogens (tertiary/aromatic N) is 3. The number of aromatic nitrogens is 1. The molecule has 0 radical (unpaired) electrons. The van der Waals surface area contributed by atoms with Gasteiger partial charge in [0.25, 0.3) is 0 Å². The predicted octanol–water partition coefficient (Wildman–Crippen LogP) is 3.27. The molecule has 0 atom stereocenters. The van der Waals surface area contributed by atoms with Crippen molar-refractivity contribution in [2.24, 2.45) is 0 Å². The Morgan fingerprint density at radius 1 is 1.18 bits per heavy atom. The molecule has 1 saturated heterocycles. The van der Waals surface area contributed by atoms with Gasteiger partial charge in [-0.05, 0) is 48.9 Å². The number of rotatable bonds is 8. The van der Waals surface area contributed by atoms with Crippen LogP contribution in [0.3, 0.4) is 0 Å². The third-order valence-corrected chi connectivity index (χ3v) is 8.34. The molecule has 0 bridgehead atoms. The zero-order chi connectivity index (χ0) is 23.4. The minimum Gasteiger partial charge on any atom is -0.379 e. The Morgan fingerprint density at radius 3 is 2.64 bits per heavy atom. The lowest BCUT2D eigenvalue weighted by atomic mass is 10.2. The van der Waals surface area contributed by atoms with E-state index in [1.54, 1.807) is 4.90 Å². The Bertz CT molecular complexity index is 1220. The Kier molecular flexibility index (Phi) is 7.38. The molecule has 2 aromatic carbocycles. The van der Waals surface area contributed by atoms with Gasteiger partial charge in [0.05, 0.1) is 34.1 Å². The summed E-state index contributed by atoms with van der Waals surface area (Å²) in [7, 11) is -3.71. The van der Waals surface area contributed by atoms with Crippen molar-refractivity contribution in [3.05, 3.63) is 53.8 Å². The van der Waals surface area contributed by atoms with E-state index in [2.05, 4.69) is 9.88 Å². The maximum Gasteiger partial charge on any atom is 0.229 e. The van der Waals surface area contributed by atoms with Crippen LogP contribution in [0, 0.1) is 12.7 Å². The third kappa shape index (κ3) is 5.94. The van der Waals surface area contributed by atoms with E-state index < -0.39 is 15.7 Å². The fourth-order valence-electron chi connectivity index (χ4n) is 3.64. The van der Waals surface area contributed by atoms with Crippen molar-refractivity contribution in [2.75, 3.05) is 50.0 Å². The lowest BCUT2D eigenvalue weighted by molar-refractivity contribution is -0.118. The SMILES string of the molecule is Cc1ccc2nc(N(CCN3CCOCC3)C(=O)CCS(=O)(=O)c3ccc(F)cc3)sc2c1. The van der Waals surface area contributed by atoms with Crippen molar-refractivity contribution in [1.82, 2.24) is 9.88 Å². The average molecular weight is 492 g/mol. The summed E-state index contributed by atoms with van der Waals surface area (Å²) in [5.74, 6) is -1.16. The highest BCUT2D eigenvalue weighted by Crippen LogP contribution is 2.30. The number of carbonyl (C=O) groups is 1. The van der Waals surface area contributed by atoms with Gasteiger partial charge in [0.2, 0.25) is 5.91 Å². The van der Waals surface area contributed by atoms with Crippen LogP contribution in [0.25, 0.3) is 10.2 Å². The molecule has 0 saturated carbocycles. The molecule has 2 heterocycles. The maximum atomic E-state index is 13.2. The van der Waals surface area contributed by atoms with E-state index in [-0.39, 0.29) is 23.0 Å². The van der Waals surface area contributed by atoms with E-state index in [1.807, 2.05) is 25.1 Å². The summed E-state index contributed by atoms with van der Waals surface area (Å²) in [6.45, 7) is 5.96. The molecule has 176 valence electrons. The van der Waals surface area contributed by atoms with Crippen molar-refractivity contribution in [2.45, 2.75) is 18.2 Å². The summed E-state index contributed by atoms with van der Waals surface area (Å²) in [5.41, 5.74) is 1.91. The number of aryl methyl sites for hydroxylation is 1. The van der Waals surface area contributed by atoms with Crippen molar-refractivity contribution in [3.63, 3.8) is 0 Å². The number of hydrogen-bond acceptors (Lipinski definition) is 7. The van der Waals surface area contributed by atoms with Crippen LogP contribution in [0.1, 0.15) is 12.0 Å². The van der Waals surface area contributed by atoms with Gasteiger partial charge < -0.3 is 4.74 Å². The van der Waals surface area contributed by atoms with Gasteiger partial charge in [-0.25, -0.2) is 17.8 Å². The summed E-state index contributed by atoms with van der Waals surface area (Å²) in [5, 5.41) is 0.563. The molecule has 1 amide bonds. The molecule has 7 nitrogen and oxygen atoms in total. The summed E-state index contributed by atoms with van der Waals surface area (Å²) in [6, 6.07) is 10.6. The molecule has 1 aliphatic heterocycles. The van der Waals surface area contributed by atoms with Crippen LogP contribution in [-0.4, -0.2) is 69.4 Å². The Hall–Kier alpha value is -2.40. The van der Waals surface area contributed by atoms with E-state index in [9.17, 15) is 17.6 Å². The molecule has 0 unspecified atom stereocenters. The van der Waals surface area contributed by atoms with Gasteiger partial charge in [-0.2, -0.15) is 0 Å². The molecule has 10 heteroatoms. The maximum absolute atomic E-state index is 13.2. The second-order valence-corrected chi connectivity index (χ2v) is 11.1. The number of carbonyl (C=O) groups excluding carboxylic acids is 1. The molecular formula is C23H26FN3O4S2. The standard InChI is InChI=1S/C23H26FN3O4S2/c1-17-2-7-20-21(16-17)32-23(25-20)27(10-9-26-11-13-31-14-12-26)22(28)8-15-33(29,30)19-5-3-18(24)4-6-19/h2-7,16H,8-15H2,1H3. The zero-order valence-electron chi connectivity index (χ0n) is 18.4. The first-order valence-electron chi connectivity index (χ1n) is 10.8. The molecule has 0 spiro atoms. The highest BCUT2D eigenvalue weighted by Gasteiger charge is 2.24. The van der Waals surface area contributed by atoms with Crippen LogP contribution in [0.2, 0.25) is 0 Å². The number of fused-ring (bicyclic) bond motifs is 1. The van der Waals surface area contributed by atoms with E-state index in [4.69, 9.17) is 4.74 Å². The molecule has 1 aromatic heterocycles. The number of morpholine rings is 1. The first kappa shape index (κ1) is 23.7. The molecule has 0 N–H and O–H groups in total. The van der Waals surface area contributed by atoms with Crippen LogP contribution in [0.4, 0.5) is 9.52 Å². The van der Waals surface area contributed by atoms with Gasteiger partial charge in [-0.15, -0.1) is 0 Å². The van der Waals surface area contributed by atoms with Crippen molar-refractivity contribution < 1.29 is 22.3 Å². The number of halogens is 1. The van der Waals surface area contributed by atoms with Crippen LogP contribution in [-0.2, 0) is 19.4 Å². The molecule has 4 rings (SSSR count). The van der Waals surface area contributed by atoms with Crippen molar-refractivity contribution in [1.29, 1.82) is 0 Å². The second-order valence-electron chi connectivity index (χ2n) is 7.99. The van der Waals surface area contributed by atoms with E-state index in [0.29, 0.717) is 31.4 Å². The number of anilines is 1. The minimum atomic E-state index is -3.71. The molecular weight excluding hydrogens is 465 g/mol. The lowest BCUT2D eigenvalue weighted by Crippen LogP contribution is -2.43. The van der Waals surface area contributed by atoms with Gasteiger partial charge >= 0.3 is 0 Å². The zero-order valence-corrected chi connectivity index (χ0v) is 20.0. The van der Waals surface area contributed by atoms with E-state index >= 15 is 0 Å². The average Bonchev–Trinajstić information content (AvgIpc) is 3.21. The van der Waals surface area contributed by atoms with Gasteiger partial charge in [0.1, 0.15) is 5.82 Å². The lowest BCUT2D eigenvalue weighted by Gasteiger charge is -2.29. The van der Waals surface area contributed by atoms with Crippen LogP contribution in [0.5, 0.6) is 0 Å². The predicted molar refractivity (Wildman–Crippen MR) is 127 cm³/mol. The molecule has 1 aliphatic rings. The number of ether oxygens (including phenoxy) is 1. The summed E-state index contributed by atoms with van der Waals surface area (Å²) >= 11 is 1.43. The van der Waals surface area contributed by atoms with E-state index in [1.165, 1.54) is 23.5 Å². The highest BCUT2D eigenvalue weighted by atomic mass is 32.2. The topological polar surface area (TPSA) is 79.8 Å². The quantitative estimate of drug-likeness (QED) is 0.450. The fourth-order valence-corrected chi connectivity index (χ4v) is 5.98. The van der Waals surface area contributed by atoms with Crippen molar-refractivity contribution in [3.8, 4) is 0 Å². The monoisotopic (exact) mass is 491 g/mol. The Morgan fingerprint density at radius 2 is 1.91 bits per heavy atom. The second kappa shape index (κ2) is 10.3. The molecule has 0 aliphatic carbocycles. The third-order valence-electron chi connectivity index (χ3n) is 5.57. The van der Waals surface area contributed by atoms with Gasteiger partial charge in [-0.1, -0.05) is 17.4 Å². The molecule has 3 aromatic rings. The van der Waals surface area contributed by atoms with Crippen LogP contribution < -0.4 is 4.90 Å². The number of sulfone groups is 1. The summed E-state index contributed by atoms with van der Waals surface area (Å²) in [6.07, 6.45) is -0.183. The Labute approximate surface area is 196 Å². The largest absolute Gasteiger partial charge is 0.379 e. The number of amides is 1. The highest BCUT2D eigenvalue weighted by molar-refractivity contribution is 7.91. The fraction of sp³-hybridized carbons (Fsp3) is 0.391. The number of hydrogen-bond donors (Lipinski definition) is 0.